The smallest absolute Gasteiger partial charge is 0.297 e. The lowest BCUT2D eigenvalue weighted by Gasteiger charge is -2.15. The van der Waals surface area contributed by atoms with E-state index in [0.29, 0.717) is 16.6 Å². The number of hydrogen-bond donors (Lipinski definition) is 2. The van der Waals surface area contributed by atoms with Gasteiger partial charge in [0.1, 0.15) is 0 Å². The van der Waals surface area contributed by atoms with E-state index in [9.17, 15) is 9.59 Å². The summed E-state index contributed by atoms with van der Waals surface area (Å²) < 4.78 is 3.41. The molecule has 1 atom stereocenters. The van der Waals surface area contributed by atoms with Crippen LogP contribution in [-0.4, -0.2) is 31.9 Å². The number of hydrogen-bond acceptors (Lipinski definition) is 5. The fourth-order valence-corrected chi connectivity index (χ4v) is 4.67. The van der Waals surface area contributed by atoms with Crippen LogP contribution in [0.2, 0.25) is 0 Å². The molecule has 0 fully saturated rings. The molecular weight excluding hydrogens is 424 g/mol. The monoisotopic (exact) mass is 446 g/mol. The van der Waals surface area contributed by atoms with Gasteiger partial charge in [0.25, 0.3) is 5.56 Å². The van der Waals surface area contributed by atoms with E-state index >= 15 is 0 Å². The Balaban J connectivity index is 1.42. The number of thioether (sulfide) groups is 1. The van der Waals surface area contributed by atoms with Crippen molar-refractivity contribution in [2.45, 2.75) is 19.8 Å². The lowest BCUT2D eigenvalue weighted by atomic mass is 9.99. The van der Waals surface area contributed by atoms with E-state index < -0.39 is 0 Å². The van der Waals surface area contributed by atoms with Gasteiger partial charge < -0.3 is 5.32 Å². The number of amides is 1. The number of benzene rings is 2. The number of amidine groups is 1. The second kappa shape index (κ2) is 7.83. The topological polar surface area (TPSA) is 92.8 Å². The van der Waals surface area contributed by atoms with Gasteiger partial charge >= 0.3 is 0 Å². The summed E-state index contributed by atoms with van der Waals surface area (Å²) in [6.45, 7) is 3.78. The molecule has 2 aliphatic rings. The first kappa shape index (κ1) is 20.3. The molecule has 1 unspecified atom stereocenters. The SMILES string of the molecule is Cc1c(N=C2NN=C(c3ccc4c(c3)C(C)C(=O)N4)CS2)c(=O)n(-c2ccccc2)n1C. The molecule has 5 rings (SSSR count). The summed E-state index contributed by atoms with van der Waals surface area (Å²) in [5.74, 6) is 0.461. The Bertz CT molecular complexity index is 1350. The van der Waals surface area contributed by atoms with Crippen LogP contribution >= 0.6 is 11.8 Å². The molecule has 9 heteroatoms. The summed E-state index contributed by atoms with van der Waals surface area (Å²) >= 11 is 1.49. The molecule has 0 saturated heterocycles. The summed E-state index contributed by atoms with van der Waals surface area (Å²) in [5.41, 5.74) is 8.45. The quantitative estimate of drug-likeness (QED) is 0.646. The van der Waals surface area contributed by atoms with Gasteiger partial charge in [-0.25, -0.2) is 9.67 Å². The Morgan fingerprint density at radius 2 is 1.94 bits per heavy atom. The first-order valence-corrected chi connectivity index (χ1v) is 11.3. The van der Waals surface area contributed by atoms with Crippen LogP contribution in [0.15, 0.2) is 63.4 Å². The minimum Gasteiger partial charge on any atom is -0.325 e. The molecule has 162 valence electrons. The normalized spacial score (nSPS) is 18.8. The van der Waals surface area contributed by atoms with Gasteiger partial charge in [-0.3, -0.25) is 19.7 Å². The Hall–Kier alpha value is -3.59. The molecule has 0 radical (unpaired) electrons. The Kier molecular flexibility index (Phi) is 4.97. The van der Waals surface area contributed by atoms with E-state index in [4.69, 9.17) is 0 Å². The lowest BCUT2D eigenvalue weighted by molar-refractivity contribution is -0.116. The number of nitrogens with zero attached hydrogens (tertiary/aromatic N) is 4. The number of rotatable bonds is 3. The standard InChI is InChI=1S/C23H22N6O2S/c1-13-17-11-15(9-10-18(17)24-21(13)30)19-12-32-23(27-26-19)25-20-14(2)28(3)29(22(20)31)16-7-5-4-6-8-16/h4-11,13H,12H2,1-3H3,(H,24,30)(H,25,27). The van der Waals surface area contributed by atoms with Crippen LogP contribution in [0.3, 0.4) is 0 Å². The number of aliphatic imine (C=N–C) groups is 1. The first-order chi connectivity index (χ1) is 15.4. The van der Waals surface area contributed by atoms with Crippen molar-refractivity contribution in [1.82, 2.24) is 14.8 Å². The molecule has 2 N–H and O–H groups in total. The van der Waals surface area contributed by atoms with E-state index in [1.807, 2.05) is 69.4 Å². The minimum absolute atomic E-state index is 0.0176. The van der Waals surface area contributed by atoms with Crippen molar-refractivity contribution in [1.29, 1.82) is 0 Å². The van der Waals surface area contributed by atoms with Crippen LogP contribution < -0.4 is 16.3 Å². The van der Waals surface area contributed by atoms with Gasteiger partial charge in [-0.2, -0.15) is 5.10 Å². The molecule has 0 aliphatic carbocycles. The van der Waals surface area contributed by atoms with Gasteiger partial charge in [0.2, 0.25) is 5.91 Å². The zero-order valence-corrected chi connectivity index (χ0v) is 18.7. The highest BCUT2D eigenvalue weighted by molar-refractivity contribution is 8.14. The number of para-hydroxylation sites is 1. The predicted octanol–water partition coefficient (Wildman–Crippen LogP) is 3.27. The molecule has 3 aromatic rings. The van der Waals surface area contributed by atoms with Crippen LogP contribution in [0.4, 0.5) is 11.4 Å². The number of hydrazone groups is 1. The average Bonchev–Trinajstić information content (AvgIpc) is 3.21. The Morgan fingerprint density at radius 3 is 2.66 bits per heavy atom. The van der Waals surface area contributed by atoms with Gasteiger partial charge in [-0.1, -0.05) is 36.0 Å². The van der Waals surface area contributed by atoms with Crippen molar-refractivity contribution in [3.05, 3.63) is 75.7 Å². The predicted molar refractivity (Wildman–Crippen MR) is 128 cm³/mol. The molecular formula is C23H22N6O2S. The summed E-state index contributed by atoms with van der Waals surface area (Å²) in [7, 11) is 1.85. The molecule has 0 saturated carbocycles. The molecule has 8 nitrogen and oxygen atoms in total. The zero-order valence-electron chi connectivity index (χ0n) is 17.9. The highest BCUT2D eigenvalue weighted by Crippen LogP contribution is 2.33. The highest BCUT2D eigenvalue weighted by atomic mass is 32.2. The highest BCUT2D eigenvalue weighted by Gasteiger charge is 2.27. The summed E-state index contributed by atoms with van der Waals surface area (Å²) in [6.07, 6.45) is 0. The van der Waals surface area contributed by atoms with E-state index in [2.05, 4.69) is 20.8 Å². The fraction of sp³-hybridized carbons (Fsp3) is 0.217. The van der Waals surface area contributed by atoms with Gasteiger partial charge in [-0.05, 0) is 49.2 Å². The minimum atomic E-state index is -0.175. The van der Waals surface area contributed by atoms with Crippen molar-refractivity contribution < 1.29 is 4.79 Å². The molecule has 2 aromatic carbocycles. The second-order valence-corrected chi connectivity index (χ2v) is 8.76. The second-order valence-electron chi connectivity index (χ2n) is 7.80. The lowest BCUT2D eigenvalue weighted by Crippen LogP contribution is -2.25. The molecule has 2 aliphatic heterocycles. The maximum atomic E-state index is 13.1. The van der Waals surface area contributed by atoms with Crippen LogP contribution in [0.1, 0.15) is 29.7 Å². The Morgan fingerprint density at radius 1 is 1.16 bits per heavy atom. The van der Waals surface area contributed by atoms with Gasteiger partial charge in [0, 0.05) is 18.5 Å². The molecule has 0 bridgehead atoms. The number of anilines is 1. The first-order valence-electron chi connectivity index (χ1n) is 10.3. The fourth-order valence-electron chi connectivity index (χ4n) is 3.90. The molecule has 1 aromatic heterocycles. The van der Waals surface area contributed by atoms with E-state index in [0.717, 1.165) is 33.9 Å². The summed E-state index contributed by atoms with van der Waals surface area (Å²) in [5, 5.41) is 7.95. The third kappa shape index (κ3) is 3.34. The van der Waals surface area contributed by atoms with Crippen LogP contribution in [0.5, 0.6) is 0 Å². The molecule has 32 heavy (non-hydrogen) atoms. The largest absolute Gasteiger partial charge is 0.325 e. The van der Waals surface area contributed by atoms with Crippen molar-refractivity contribution >= 4 is 39.9 Å². The maximum absolute atomic E-state index is 13.1. The molecule has 1 amide bonds. The summed E-state index contributed by atoms with van der Waals surface area (Å²) in [4.78, 5) is 29.6. The van der Waals surface area contributed by atoms with Gasteiger partial charge in [0.15, 0.2) is 10.9 Å². The number of fused-ring (bicyclic) bond motifs is 1. The van der Waals surface area contributed by atoms with Gasteiger partial charge in [-0.15, -0.1) is 0 Å². The zero-order chi connectivity index (χ0) is 22.4. The van der Waals surface area contributed by atoms with Gasteiger partial charge in [0.05, 0.1) is 23.0 Å². The van der Waals surface area contributed by atoms with E-state index in [-0.39, 0.29) is 17.4 Å². The average molecular weight is 447 g/mol. The van der Waals surface area contributed by atoms with Crippen molar-refractivity contribution in [3.63, 3.8) is 0 Å². The van der Waals surface area contributed by atoms with Crippen molar-refractivity contribution in [3.8, 4) is 5.69 Å². The van der Waals surface area contributed by atoms with Crippen molar-refractivity contribution in [2.24, 2.45) is 17.1 Å². The van der Waals surface area contributed by atoms with Crippen molar-refractivity contribution in [2.75, 3.05) is 11.1 Å². The maximum Gasteiger partial charge on any atom is 0.297 e. The number of carbonyl (C=O) groups is 1. The Labute approximate surface area is 189 Å². The third-order valence-electron chi connectivity index (χ3n) is 5.87. The van der Waals surface area contributed by atoms with Crippen LogP contribution in [-0.2, 0) is 11.8 Å². The molecule has 0 spiro atoms. The number of aromatic nitrogens is 2. The van der Waals surface area contributed by atoms with E-state index in [1.54, 1.807) is 9.36 Å². The summed E-state index contributed by atoms with van der Waals surface area (Å²) in [6, 6.07) is 15.4. The van der Waals surface area contributed by atoms with E-state index in [1.165, 1.54) is 11.8 Å². The third-order valence-corrected chi connectivity index (χ3v) is 6.75. The van der Waals surface area contributed by atoms with Crippen LogP contribution in [0, 0.1) is 6.92 Å². The number of carbonyl (C=O) groups excluding carboxylic acids is 1. The molecule has 3 heterocycles. The number of nitrogens with one attached hydrogen (secondary N) is 2. The van der Waals surface area contributed by atoms with Crippen LogP contribution in [0.25, 0.3) is 5.69 Å².